The summed E-state index contributed by atoms with van der Waals surface area (Å²) in [5.74, 6) is 2.43. The van der Waals surface area contributed by atoms with Gasteiger partial charge in [-0.2, -0.15) is 0 Å². The summed E-state index contributed by atoms with van der Waals surface area (Å²) in [7, 11) is 0. The summed E-state index contributed by atoms with van der Waals surface area (Å²) in [5, 5.41) is 9.16. The van der Waals surface area contributed by atoms with E-state index in [0.29, 0.717) is 5.92 Å². The van der Waals surface area contributed by atoms with Crippen LogP contribution in [-0.4, -0.2) is 10.7 Å². The molecule has 1 saturated carbocycles. The van der Waals surface area contributed by atoms with Crippen LogP contribution in [0.15, 0.2) is 0 Å². The lowest BCUT2D eigenvalue weighted by molar-refractivity contribution is 0.0978. The number of rotatable bonds is 1. The van der Waals surface area contributed by atoms with Crippen LogP contribution in [0.25, 0.3) is 0 Å². The summed E-state index contributed by atoms with van der Waals surface area (Å²) >= 11 is 0. The SMILES string of the molecule is [C]#CC(C)(O)C1CC1. The molecular formula is C7H9O. The molecule has 0 aromatic carbocycles. The van der Waals surface area contributed by atoms with Gasteiger partial charge in [0.15, 0.2) is 0 Å². The van der Waals surface area contributed by atoms with E-state index in [2.05, 4.69) is 5.92 Å². The zero-order valence-corrected chi connectivity index (χ0v) is 4.94. The second kappa shape index (κ2) is 1.50. The van der Waals surface area contributed by atoms with E-state index >= 15 is 0 Å². The summed E-state index contributed by atoms with van der Waals surface area (Å²) in [6.45, 7) is 1.64. The van der Waals surface area contributed by atoms with Crippen molar-refractivity contribution in [2.24, 2.45) is 5.92 Å². The molecule has 0 heterocycles. The fraction of sp³-hybridized carbons (Fsp3) is 0.714. The summed E-state index contributed by atoms with van der Waals surface area (Å²) in [4.78, 5) is 0. The molecule has 1 nitrogen and oxygen atoms in total. The summed E-state index contributed by atoms with van der Waals surface area (Å²) in [6, 6.07) is 0. The van der Waals surface area contributed by atoms with Crippen molar-refractivity contribution in [3.63, 3.8) is 0 Å². The lowest BCUT2D eigenvalue weighted by Gasteiger charge is -2.12. The minimum absolute atomic E-state index is 0.319. The molecule has 0 spiro atoms. The minimum atomic E-state index is -0.931. The topological polar surface area (TPSA) is 20.2 Å². The third kappa shape index (κ3) is 0.850. The largest absolute Gasteiger partial charge is 0.378 e. The van der Waals surface area contributed by atoms with Gasteiger partial charge >= 0.3 is 0 Å². The summed E-state index contributed by atoms with van der Waals surface area (Å²) < 4.78 is 0. The molecule has 0 aromatic heterocycles. The Morgan fingerprint density at radius 3 is 2.38 bits per heavy atom. The smallest absolute Gasteiger partial charge is 0.126 e. The molecule has 0 saturated heterocycles. The van der Waals surface area contributed by atoms with Crippen LogP contribution >= 0.6 is 0 Å². The highest BCUT2D eigenvalue weighted by molar-refractivity contribution is 5.08. The van der Waals surface area contributed by atoms with Crippen LogP contribution < -0.4 is 0 Å². The predicted octanol–water partition coefficient (Wildman–Crippen LogP) is 0.737. The molecule has 1 heteroatoms. The Bertz CT molecular complexity index is 126. The highest BCUT2D eigenvalue weighted by atomic mass is 16.3. The third-order valence-corrected chi connectivity index (χ3v) is 1.63. The number of aliphatic hydroxyl groups is 1. The summed E-state index contributed by atoms with van der Waals surface area (Å²) in [6.07, 6.45) is 8.78. The molecule has 1 aliphatic carbocycles. The minimum Gasteiger partial charge on any atom is -0.378 e. The average Bonchev–Trinajstić information content (AvgIpc) is 2.44. The quantitative estimate of drug-likeness (QED) is 0.492. The molecule has 0 bridgehead atoms. The van der Waals surface area contributed by atoms with Gasteiger partial charge in [0, 0.05) is 0 Å². The van der Waals surface area contributed by atoms with Crippen LogP contribution in [0, 0.1) is 18.3 Å². The van der Waals surface area contributed by atoms with E-state index in [0.717, 1.165) is 12.8 Å². The van der Waals surface area contributed by atoms with Gasteiger partial charge in [0.2, 0.25) is 0 Å². The van der Waals surface area contributed by atoms with E-state index in [1.165, 1.54) is 0 Å². The fourth-order valence-electron chi connectivity index (χ4n) is 0.748. The molecule has 1 unspecified atom stereocenters. The molecule has 1 aliphatic rings. The van der Waals surface area contributed by atoms with Crippen LogP contribution in [0.4, 0.5) is 0 Å². The predicted molar refractivity (Wildman–Crippen MR) is 30.5 cm³/mol. The van der Waals surface area contributed by atoms with Crippen molar-refractivity contribution in [2.75, 3.05) is 0 Å². The Kier molecular flexibility index (Phi) is 1.06. The number of hydrogen-bond donors (Lipinski definition) is 1. The molecule has 0 amide bonds. The van der Waals surface area contributed by atoms with Crippen LogP contribution in [0.1, 0.15) is 19.8 Å². The first-order chi connectivity index (χ1) is 3.67. The highest BCUT2D eigenvalue weighted by Gasteiger charge is 2.38. The van der Waals surface area contributed by atoms with Gasteiger partial charge in [0.05, 0.1) is 0 Å². The van der Waals surface area contributed by atoms with E-state index in [1.807, 2.05) is 0 Å². The highest BCUT2D eigenvalue weighted by Crippen LogP contribution is 2.38. The van der Waals surface area contributed by atoms with Crippen LogP contribution in [0.2, 0.25) is 0 Å². The van der Waals surface area contributed by atoms with Crippen molar-refractivity contribution in [1.82, 2.24) is 0 Å². The molecule has 1 radical (unpaired) electrons. The zero-order valence-electron chi connectivity index (χ0n) is 4.94. The molecule has 1 rings (SSSR count). The normalized spacial score (nSPS) is 26.1. The molecule has 43 valence electrons. The van der Waals surface area contributed by atoms with Gasteiger partial charge in [0.1, 0.15) is 5.60 Å². The monoisotopic (exact) mass is 109 g/mol. The van der Waals surface area contributed by atoms with Crippen molar-refractivity contribution < 1.29 is 5.11 Å². The molecule has 8 heavy (non-hydrogen) atoms. The molecular weight excluding hydrogens is 100 g/mol. The van der Waals surface area contributed by atoms with E-state index in [9.17, 15) is 0 Å². The van der Waals surface area contributed by atoms with Gasteiger partial charge in [-0.25, -0.2) is 0 Å². The van der Waals surface area contributed by atoms with Crippen molar-refractivity contribution in [1.29, 1.82) is 0 Å². The Morgan fingerprint density at radius 2 is 2.25 bits per heavy atom. The van der Waals surface area contributed by atoms with E-state index in [-0.39, 0.29) is 0 Å². The van der Waals surface area contributed by atoms with Crippen molar-refractivity contribution in [3.05, 3.63) is 6.42 Å². The second-order valence-corrected chi connectivity index (χ2v) is 2.55. The maximum absolute atomic E-state index is 9.16. The molecule has 1 fully saturated rings. The van der Waals surface area contributed by atoms with Crippen molar-refractivity contribution in [3.8, 4) is 5.92 Å². The first-order valence-corrected chi connectivity index (χ1v) is 2.83. The van der Waals surface area contributed by atoms with Gasteiger partial charge in [-0.15, -0.1) is 0 Å². The first kappa shape index (κ1) is 5.65. The zero-order chi connectivity index (χ0) is 6.20. The van der Waals surface area contributed by atoms with E-state index in [1.54, 1.807) is 6.92 Å². The van der Waals surface area contributed by atoms with Crippen molar-refractivity contribution >= 4 is 0 Å². The third-order valence-electron chi connectivity index (χ3n) is 1.63. The van der Waals surface area contributed by atoms with E-state index in [4.69, 9.17) is 11.5 Å². The first-order valence-electron chi connectivity index (χ1n) is 2.83. The van der Waals surface area contributed by atoms with Crippen LogP contribution in [0.3, 0.4) is 0 Å². The van der Waals surface area contributed by atoms with Crippen molar-refractivity contribution in [2.45, 2.75) is 25.4 Å². The number of hydrogen-bond acceptors (Lipinski definition) is 1. The van der Waals surface area contributed by atoms with Gasteiger partial charge in [0.25, 0.3) is 0 Å². The summed E-state index contributed by atoms with van der Waals surface area (Å²) in [5.41, 5.74) is -0.931. The molecule has 1 atom stereocenters. The Hall–Kier alpha value is -0.480. The molecule has 0 aliphatic heterocycles. The van der Waals surface area contributed by atoms with Gasteiger partial charge in [-0.3, -0.25) is 0 Å². The van der Waals surface area contributed by atoms with Crippen LogP contribution in [0.5, 0.6) is 0 Å². The Morgan fingerprint density at radius 1 is 1.75 bits per heavy atom. The maximum Gasteiger partial charge on any atom is 0.126 e. The average molecular weight is 109 g/mol. The maximum atomic E-state index is 9.16. The second-order valence-electron chi connectivity index (χ2n) is 2.55. The van der Waals surface area contributed by atoms with Gasteiger partial charge in [-0.05, 0) is 32.1 Å². The van der Waals surface area contributed by atoms with Gasteiger partial charge in [-0.1, -0.05) is 5.92 Å². The Labute approximate surface area is 49.7 Å². The standard InChI is InChI=1S/C7H9O/c1-3-7(2,8)6-4-5-6/h6,8H,4-5H2,2H3. The van der Waals surface area contributed by atoms with Crippen LogP contribution in [-0.2, 0) is 0 Å². The van der Waals surface area contributed by atoms with E-state index < -0.39 is 5.60 Å². The lowest BCUT2D eigenvalue weighted by atomic mass is 10.0. The fourth-order valence-corrected chi connectivity index (χ4v) is 0.748. The van der Waals surface area contributed by atoms with Gasteiger partial charge < -0.3 is 5.11 Å². The Balaban J connectivity index is 2.53. The molecule has 0 aromatic rings. The molecule has 1 N–H and O–H groups in total. The lowest BCUT2D eigenvalue weighted by Crippen LogP contribution is -2.23.